The van der Waals surface area contributed by atoms with Crippen LogP contribution >= 0.6 is 22.6 Å². The summed E-state index contributed by atoms with van der Waals surface area (Å²) in [5, 5.41) is 29.0. The van der Waals surface area contributed by atoms with Crippen molar-refractivity contribution >= 4 is 39.4 Å². The molecule has 8 nitrogen and oxygen atoms in total. The van der Waals surface area contributed by atoms with Gasteiger partial charge in [-0.3, -0.25) is 0 Å². The first-order valence-electron chi connectivity index (χ1n) is 6.29. The van der Waals surface area contributed by atoms with Crippen LogP contribution in [0.4, 0.5) is 5.82 Å². The summed E-state index contributed by atoms with van der Waals surface area (Å²) in [4.78, 5) is 8.10. The summed E-state index contributed by atoms with van der Waals surface area (Å²) in [5.74, 6) is 0.380. The number of ether oxygens (including phenoxy) is 1. The Morgan fingerprint density at radius 2 is 2.14 bits per heavy atom. The molecule has 0 saturated heterocycles. The van der Waals surface area contributed by atoms with Crippen LogP contribution in [0.5, 0.6) is 0 Å². The zero-order valence-corrected chi connectivity index (χ0v) is 13.5. The van der Waals surface area contributed by atoms with Gasteiger partial charge in [-0.2, -0.15) is 0 Å². The predicted molar refractivity (Wildman–Crippen MR) is 84.3 cm³/mol. The molecule has 0 radical (unpaired) electrons. The molecule has 0 aromatic carbocycles. The Hall–Kier alpha value is -1.01. The number of rotatable bonds is 6. The van der Waals surface area contributed by atoms with Gasteiger partial charge in [0.2, 0.25) is 0 Å². The van der Waals surface area contributed by atoms with Crippen molar-refractivity contribution in [3.8, 4) is 0 Å². The Bertz CT molecular complexity index is 619. The summed E-state index contributed by atoms with van der Waals surface area (Å²) in [6.07, 6.45) is 0.0919. The number of fused-ring (bicyclic) bond motifs is 1. The van der Waals surface area contributed by atoms with E-state index in [0.29, 0.717) is 11.5 Å². The van der Waals surface area contributed by atoms with Crippen LogP contribution in [-0.2, 0) is 11.5 Å². The van der Waals surface area contributed by atoms with Gasteiger partial charge < -0.3 is 30.4 Å². The number of nitrogens with zero attached hydrogens (tertiary/aromatic N) is 3. The van der Waals surface area contributed by atoms with Gasteiger partial charge in [-0.05, 0) is 29.5 Å². The van der Waals surface area contributed by atoms with Crippen molar-refractivity contribution in [1.82, 2.24) is 14.5 Å². The number of aliphatic hydroxyl groups is 3. The first-order chi connectivity index (χ1) is 9.95. The molecule has 0 aliphatic rings. The van der Waals surface area contributed by atoms with Gasteiger partial charge in [0.1, 0.15) is 36.7 Å². The highest BCUT2D eigenvalue weighted by molar-refractivity contribution is 14.1. The van der Waals surface area contributed by atoms with Crippen LogP contribution in [0.1, 0.15) is 6.92 Å². The monoisotopic (exact) mass is 408 g/mol. The van der Waals surface area contributed by atoms with Crippen molar-refractivity contribution in [2.45, 2.75) is 32.0 Å². The summed E-state index contributed by atoms with van der Waals surface area (Å²) < 4.78 is 8.04. The molecule has 116 valence electrons. The van der Waals surface area contributed by atoms with Crippen molar-refractivity contribution in [2.24, 2.45) is 0 Å². The molecule has 2 aromatic heterocycles. The second-order valence-corrected chi connectivity index (χ2v) is 5.81. The molecule has 2 rings (SSSR count). The van der Waals surface area contributed by atoms with Crippen molar-refractivity contribution in [2.75, 3.05) is 12.3 Å². The first-order valence-corrected chi connectivity index (χ1v) is 7.37. The third-order valence-corrected chi connectivity index (χ3v) is 3.94. The average Bonchev–Trinajstić information content (AvgIpc) is 2.77. The van der Waals surface area contributed by atoms with E-state index >= 15 is 0 Å². The number of anilines is 1. The van der Waals surface area contributed by atoms with Crippen LogP contribution in [0, 0.1) is 3.57 Å². The number of nitrogen functional groups attached to an aromatic ring is 1. The van der Waals surface area contributed by atoms with Gasteiger partial charge in [-0.25, -0.2) is 9.97 Å². The molecule has 0 aliphatic carbocycles. The van der Waals surface area contributed by atoms with E-state index in [4.69, 9.17) is 10.5 Å². The van der Waals surface area contributed by atoms with Crippen LogP contribution in [0.25, 0.3) is 11.0 Å². The van der Waals surface area contributed by atoms with Gasteiger partial charge in [0.15, 0.2) is 0 Å². The van der Waals surface area contributed by atoms with Crippen LogP contribution in [0.2, 0.25) is 0 Å². The van der Waals surface area contributed by atoms with Crippen molar-refractivity contribution < 1.29 is 20.1 Å². The van der Waals surface area contributed by atoms with E-state index in [0.717, 1.165) is 8.96 Å². The Kier molecular flexibility index (Phi) is 5.32. The molecule has 5 N–H and O–H groups in total. The smallest absolute Gasteiger partial charge is 0.148 e. The van der Waals surface area contributed by atoms with E-state index in [2.05, 4.69) is 32.6 Å². The number of nitrogens with two attached hydrogens (primary N) is 1. The summed E-state index contributed by atoms with van der Waals surface area (Å²) in [7, 11) is 0. The van der Waals surface area contributed by atoms with E-state index in [-0.39, 0.29) is 6.73 Å². The average molecular weight is 408 g/mol. The molecular formula is C12H17IN4O4. The van der Waals surface area contributed by atoms with Gasteiger partial charge in [-0.1, -0.05) is 0 Å². The molecule has 2 heterocycles. The number of hydrogen-bond donors (Lipinski definition) is 4. The third kappa shape index (κ3) is 3.43. The second-order valence-electron chi connectivity index (χ2n) is 4.65. The van der Waals surface area contributed by atoms with Crippen LogP contribution in [0.15, 0.2) is 12.5 Å². The number of aliphatic hydroxyl groups excluding tert-OH is 3. The summed E-state index contributed by atoms with van der Waals surface area (Å²) in [5.41, 5.74) is 6.42. The van der Waals surface area contributed by atoms with Crippen molar-refractivity contribution in [3.63, 3.8) is 0 Å². The minimum absolute atomic E-state index is 0.0605. The zero-order chi connectivity index (χ0) is 15.6. The van der Waals surface area contributed by atoms with E-state index in [1.54, 1.807) is 10.8 Å². The Balaban J connectivity index is 2.19. The van der Waals surface area contributed by atoms with E-state index in [1.807, 2.05) is 0 Å². The van der Waals surface area contributed by atoms with Gasteiger partial charge in [-0.15, -0.1) is 0 Å². The molecule has 0 amide bonds. The summed E-state index contributed by atoms with van der Waals surface area (Å²) in [6, 6.07) is 0. The first kappa shape index (κ1) is 16.4. The molecule has 21 heavy (non-hydrogen) atoms. The Morgan fingerprint density at radius 1 is 1.43 bits per heavy atom. The van der Waals surface area contributed by atoms with Crippen molar-refractivity contribution in [1.29, 1.82) is 0 Å². The molecule has 9 heteroatoms. The number of aromatic nitrogens is 3. The maximum Gasteiger partial charge on any atom is 0.148 e. The van der Waals surface area contributed by atoms with Gasteiger partial charge in [0, 0.05) is 9.77 Å². The minimum atomic E-state index is -1.17. The molecule has 0 spiro atoms. The molecule has 2 aromatic rings. The third-order valence-electron chi connectivity index (χ3n) is 3.12. The standard InChI is InChI=1S/C12H17IN4O4/c1-6(19)10(20)8(3-18)21-5-17-2-7(13)9-11(14)15-4-16-12(9)17/h2,4,6,8,10,18-20H,3,5H2,1H3,(H2,14,15,16). The SMILES string of the molecule is CC(O)C(O)C(CO)OCn1cc(I)c2c(N)ncnc21. The van der Waals surface area contributed by atoms with Crippen LogP contribution < -0.4 is 5.73 Å². The van der Waals surface area contributed by atoms with Gasteiger partial charge in [0.05, 0.1) is 18.1 Å². The molecule has 3 unspecified atom stereocenters. The fourth-order valence-electron chi connectivity index (χ4n) is 1.94. The summed E-state index contributed by atoms with van der Waals surface area (Å²) >= 11 is 2.12. The molecular weight excluding hydrogens is 391 g/mol. The molecule has 0 saturated carbocycles. The maximum atomic E-state index is 9.74. The van der Waals surface area contributed by atoms with E-state index < -0.39 is 24.9 Å². The lowest BCUT2D eigenvalue weighted by molar-refractivity contribution is -0.119. The minimum Gasteiger partial charge on any atom is -0.394 e. The summed E-state index contributed by atoms with van der Waals surface area (Å²) in [6.45, 7) is 1.09. The lowest BCUT2D eigenvalue weighted by Crippen LogP contribution is -2.40. The van der Waals surface area contributed by atoms with Gasteiger partial charge in [0.25, 0.3) is 0 Å². The zero-order valence-electron chi connectivity index (χ0n) is 11.3. The van der Waals surface area contributed by atoms with Crippen LogP contribution in [-0.4, -0.2) is 54.8 Å². The lowest BCUT2D eigenvalue weighted by Gasteiger charge is -2.23. The van der Waals surface area contributed by atoms with Crippen LogP contribution in [0.3, 0.4) is 0 Å². The Labute approximate surface area is 134 Å². The molecule has 3 atom stereocenters. The second kappa shape index (κ2) is 6.83. The highest BCUT2D eigenvalue weighted by atomic mass is 127. The quantitative estimate of drug-likeness (QED) is 0.484. The maximum absolute atomic E-state index is 9.74. The largest absolute Gasteiger partial charge is 0.394 e. The number of hydrogen-bond acceptors (Lipinski definition) is 7. The molecule has 0 bridgehead atoms. The fourth-order valence-corrected chi connectivity index (χ4v) is 2.80. The highest BCUT2D eigenvalue weighted by Gasteiger charge is 2.24. The van der Waals surface area contributed by atoms with E-state index in [9.17, 15) is 15.3 Å². The molecule has 0 fully saturated rings. The number of halogens is 1. The lowest BCUT2D eigenvalue weighted by atomic mass is 10.1. The normalized spacial score (nSPS) is 16.0. The van der Waals surface area contributed by atoms with Crippen molar-refractivity contribution in [3.05, 3.63) is 16.1 Å². The Morgan fingerprint density at radius 3 is 2.76 bits per heavy atom. The predicted octanol–water partition coefficient (Wildman–Crippen LogP) is -0.305. The highest BCUT2D eigenvalue weighted by Crippen LogP contribution is 2.25. The topological polar surface area (TPSA) is 127 Å². The molecule has 0 aliphatic heterocycles. The van der Waals surface area contributed by atoms with Gasteiger partial charge >= 0.3 is 0 Å². The van der Waals surface area contributed by atoms with E-state index in [1.165, 1.54) is 13.3 Å². The fraction of sp³-hybridized carbons (Fsp3) is 0.500.